The van der Waals surface area contributed by atoms with Crippen LogP contribution in [0.1, 0.15) is 5.56 Å². The molecule has 2 amide bonds. The van der Waals surface area contributed by atoms with Gasteiger partial charge in [-0.15, -0.1) is 0 Å². The number of benzene rings is 1. The molecule has 15 heavy (non-hydrogen) atoms. The van der Waals surface area contributed by atoms with Crippen LogP contribution in [0.15, 0.2) is 28.7 Å². The number of carbonyl (C=O) groups is 1. The van der Waals surface area contributed by atoms with E-state index in [0.29, 0.717) is 10.7 Å². The molecule has 0 saturated heterocycles. The van der Waals surface area contributed by atoms with E-state index >= 15 is 0 Å². The molecule has 0 aromatic heterocycles. The maximum Gasteiger partial charge on any atom is 0.340 e. The maximum absolute atomic E-state index is 10.9. The van der Waals surface area contributed by atoms with E-state index < -0.39 is 16.5 Å². The fraction of sp³-hybridized carbons (Fsp3) is 0.125. The van der Waals surface area contributed by atoms with E-state index in [4.69, 9.17) is 5.73 Å². The molecule has 0 aliphatic carbocycles. The first kappa shape index (κ1) is 11.2. The number of hydrogen-bond acceptors (Lipinski definition) is 4. The van der Waals surface area contributed by atoms with E-state index in [2.05, 4.69) is 4.47 Å². The van der Waals surface area contributed by atoms with Crippen molar-refractivity contribution >= 4 is 22.2 Å². The van der Waals surface area contributed by atoms with Gasteiger partial charge in [-0.05, 0) is 23.5 Å². The molecule has 1 aromatic carbocycles. The lowest BCUT2D eigenvalue weighted by Gasteiger charge is -2.11. The maximum atomic E-state index is 10.9. The van der Waals surface area contributed by atoms with Crippen molar-refractivity contribution in [3.63, 3.8) is 0 Å². The fourth-order valence-electron chi connectivity index (χ4n) is 0.967. The van der Waals surface area contributed by atoms with Gasteiger partial charge in [0, 0.05) is 0 Å². The normalized spacial score (nSPS) is 9.40. The van der Waals surface area contributed by atoms with E-state index in [1.807, 2.05) is 6.92 Å². The van der Waals surface area contributed by atoms with Gasteiger partial charge in [-0.25, -0.2) is 4.79 Å². The zero-order valence-corrected chi connectivity index (χ0v) is 8.73. The molecule has 0 bridgehead atoms. The first-order chi connectivity index (χ1) is 7.00. The average Bonchev–Trinajstić information content (AvgIpc) is 2.15. The second-order valence-corrected chi connectivity index (χ2v) is 3.38. The van der Waals surface area contributed by atoms with Gasteiger partial charge in [-0.2, -0.15) is 13.4 Å². The van der Waals surface area contributed by atoms with Gasteiger partial charge in [0.1, 0.15) is 0 Å². The Balaban J connectivity index is 3.16. The van der Waals surface area contributed by atoms with E-state index in [1.54, 1.807) is 24.3 Å². The second-order valence-electron chi connectivity index (χ2n) is 2.78. The van der Waals surface area contributed by atoms with Crippen LogP contribution >= 0.6 is 0 Å². The fourth-order valence-corrected chi connectivity index (χ4v) is 1.28. The lowest BCUT2D eigenvalue weighted by Crippen LogP contribution is -2.30. The van der Waals surface area contributed by atoms with Crippen molar-refractivity contribution in [2.45, 2.75) is 6.92 Å². The van der Waals surface area contributed by atoms with E-state index in [-0.39, 0.29) is 0 Å². The summed E-state index contributed by atoms with van der Waals surface area (Å²) in [6, 6.07) is 5.58. The zero-order chi connectivity index (χ0) is 11.4. The monoisotopic (exact) mass is 227 g/mol. The summed E-state index contributed by atoms with van der Waals surface area (Å²) in [5.74, 6) is 0. The molecular formula is C8H9N3O3S. The minimum Gasteiger partial charge on any atom is -0.350 e. The first-order valence-electron chi connectivity index (χ1n) is 3.98. The highest BCUT2D eigenvalue weighted by molar-refractivity contribution is 7.61. The number of aryl methyl sites for hydroxylation is 1. The summed E-state index contributed by atoms with van der Waals surface area (Å²) in [5.41, 5.74) is 6.26. The van der Waals surface area contributed by atoms with Crippen molar-refractivity contribution in [1.29, 1.82) is 0 Å². The lowest BCUT2D eigenvalue weighted by molar-refractivity contribution is 0.254. The van der Waals surface area contributed by atoms with Crippen molar-refractivity contribution in [2.24, 2.45) is 10.2 Å². The van der Waals surface area contributed by atoms with Crippen molar-refractivity contribution < 1.29 is 13.2 Å². The van der Waals surface area contributed by atoms with Gasteiger partial charge in [0.25, 0.3) is 0 Å². The van der Waals surface area contributed by atoms with Crippen LogP contribution in [0.2, 0.25) is 0 Å². The van der Waals surface area contributed by atoms with E-state index in [0.717, 1.165) is 5.56 Å². The Hall–Kier alpha value is -1.89. The van der Waals surface area contributed by atoms with Gasteiger partial charge in [-0.3, -0.25) is 0 Å². The summed E-state index contributed by atoms with van der Waals surface area (Å²) in [5, 5.41) is 0.614. The third-order valence-corrected chi connectivity index (χ3v) is 1.93. The molecular weight excluding hydrogens is 218 g/mol. The minimum atomic E-state index is -2.72. The van der Waals surface area contributed by atoms with Crippen molar-refractivity contribution in [2.75, 3.05) is 5.01 Å². The Morgan fingerprint density at radius 3 is 2.27 bits per heavy atom. The molecule has 80 valence electrons. The van der Waals surface area contributed by atoms with Crippen molar-refractivity contribution in [1.82, 2.24) is 0 Å². The Morgan fingerprint density at radius 2 is 1.87 bits per heavy atom. The van der Waals surface area contributed by atoms with E-state index in [9.17, 15) is 13.2 Å². The van der Waals surface area contributed by atoms with Crippen LogP contribution in [0.4, 0.5) is 10.5 Å². The van der Waals surface area contributed by atoms with Crippen LogP contribution < -0.4 is 10.7 Å². The first-order valence-corrected chi connectivity index (χ1v) is 5.01. The molecule has 0 heterocycles. The number of urea groups is 1. The highest BCUT2D eigenvalue weighted by atomic mass is 32.2. The number of rotatable bonds is 2. The largest absolute Gasteiger partial charge is 0.350 e. The minimum absolute atomic E-state index is 0.303. The number of anilines is 1. The molecule has 0 aliphatic rings. The van der Waals surface area contributed by atoms with Gasteiger partial charge < -0.3 is 5.73 Å². The number of carbonyl (C=O) groups excluding carboxylic acids is 1. The predicted octanol–water partition coefficient (Wildman–Crippen LogP) is 0.858. The Bertz CT molecular complexity index is 484. The van der Waals surface area contributed by atoms with Crippen molar-refractivity contribution in [3.05, 3.63) is 29.8 Å². The highest BCUT2D eigenvalue weighted by Crippen LogP contribution is 2.14. The van der Waals surface area contributed by atoms with E-state index in [1.165, 1.54) is 0 Å². The van der Waals surface area contributed by atoms with Crippen LogP contribution in [0, 0.1) is 6.92 Å². The molecule has 1 aromatic rings. The standard InChI is InChI=1S/C8H9N3O3S/c1-6-2-4-7(5-3-6)11(8(9)12)10-15(13)14/h2-5H,1H3,(H2,9,12). The number of amides is 2. The summed E-state index contributed by atoms with van der Waals surface area (Å²) in [4.78, 5) is 10.9. The highest BCUT2D eigenvalue weighted by Gasteiger charge is 2.11. The molecule has 0 unspecified atom stereocenters. The summed E-state index contributed by atoms with van der Waals surface area (Å²) in [6.07, 6.45) is 0. The SMILES string of the molecule is Cc1ccc(N(N=S(=O)=O)C(N)=O)cc1. The summed E-state index contributed by atoms with van der Waals surface area (Å²) in [6.45, 7) is 1.86. The van der Waals surface area contributed by atoms with Crippen molar-refractivity contribution in [3.8, 4) is 0 Å². The molecule has 6 nitrogen and oxygen atoms in total. The number of primary amides is 1. The smallest absolute Gasteiger partial charge is 0.340 e. The van der Waals surface area contributed by atoms with Gasteiger partial charge in [0.2, 0.25) is 0 Å². The summed E-state index contributed by atoms with van der Waals surface area (Å²) in [7, 11) is -2.72. The van der Waals surface area contributed by atoms with Crippen LogP contribution in [-0.2, 0) is 10.5 Å². The molecule has 0 spiro atoms. The zero-order valence-electron chi connectivity index (χ0n) is 7.91. The third kappa shape index (κ3) is 3.06. The molecule has 7 heteroatoms. The molecule has 0 radical (unpaired) electrons. The topological polar surface area (TPSA) is 92.8 Å². The Morgan fingerprint density at radius 1 is 1.33 bits per heavy atom. The quantitative estimate of drug-likeness (QED) is 0.759. The van der Waals surface area contributed by atoms with Gasteiger partial charge in [-0.1, -0.05) is 17.7 Å². The molecule has 0 saturated carbocycles. The number of hydrogen-bond donors (Lipinski definition) is 1. The molecule has 2 N–H and O–H groups in total. The van der Waals surface area contributed by atoms with Gasteiger partial charge in [0.05, 0.1) is 5.69 Å². The Kier molecular flexibility index (Phi) is 3.40. The van der Waals surface area contributed by atoms with Gasteiger partial charge >= 0.3 is 16.5 Å². The molecule has 0 atom stereocenters. The Labute approximate surface area is 88.0 Å². The number of nitrogens with zero attached hydrogens (tertiary/aromatic N) is 2. The third-order valence-electron chi connectivity index (χ3n) is 1.64. The molecule has 1 rings (SSSR count). The lowest BCUT2D eigenvalue weighted by atomic mass is 10.2. The molecule has 0 fully saturated rings. The van der Waals surface area contributed by atoms with Crippen LogP contribution in [-0.4, -0.2) is 14.4 Å². The van der Waals surface area contributed by atoms with Crippen LogP contribution in [0.25, 0.3) is 0 Å². The van der Waals surface area contributed by atoms with Crippen LogP contribution in [0.3, 0.4) is 0 Å². The average molecular weight is 227 g/mol. The van der Waals surface area contributed by atoms with Crippen LogP contribution in [0.5, 0.6) is 0 Å². The molecule has 0 aliphatic heterocycles. The summed E-state index contributed by atoms with van der Waals surface area (Å²) >= 11 is 0. The second kappa shape index (κ2) is 4.56. The predicted molar refractivity (Wildman–Crippen MR) is 54.6 cm³/mol. The summed E-state index contributed by atoms with van der Waals surface area (Å²) < 4.78 is 23.7. The number of nitrogens with two attached hydrogens (primary N) is 1. The van der Waals surface area contributed by atoms with Gasteiger partial charge in [0.15, 0.2) is 0 Å².